The molecular weight excluding hydrogens is 351 g/mol. The van der Waals surface area contributed by atoms with Gasteiger partial charge in [0.1, 0.15) is 10.7 Å². The van der Waals surface area contributed by atoms with Crippen LogP contribution in [0.2, 0.25) is 0 Å². The van der Waals surface area contributed by atoms with E-state index >= 15 is 0 Å². The number of Topliss-reactive ketones (excluding diaryl/α,β-unsaturated/α-hetero) is 1. The zero-order valence-corrected chi connectivity index (χ0v) is 14.5. The minimum Gasteiger partial charge on any atom is -0.288 e. The van der Waals surface area contributed by atoms with Crippen molar-refractivity contribution < 1.29 is 17.6 Å². The number of rotatable bonds is 5. The molecule has 5 heteroatoms. The fraction of sp³-hybridized carbons (Fsp3) is 0. The largest absolute Gasteiger partial charge is 0.288 e. The van der Waals surface area contributed by atoms with E-state index in [1.54, 1.807) is 48.5 Å². The van der Waals surface area contributed by atoms with Gasteiger partial charge in [0.25, 0.3) is 0 Å². The molecule has 3 aromatic carbocycles. The Balaban J connectivity index is 2.16. The molecule has 0 radical (unpaired) electrons. The zero-order chi connectivity index (χ0) is 18.6. The van der Waals surface area contributed by atoms with E-state index < -0.39 is 21.4 Å². The first-order valence-corrected chi connectivity index (χ1v) is 9.34. The first kappa shape index (κ1) is 17.8. The zero-order valence-electron chi connectivity index (χ0n) is 13.7. The molecule has 3 rings (SSSR count). The first-order valence-electron chi connectivity index (χ1n) is 7.85. The molecule has 0 atom stereocenters. The van der Waals surface area contributed by atoms with Gasteiger partial charge in [0.05, 0.1) is 4.90 Å². The van der Waals surface area contributed by atoms with Crippen molar-refractivity contribution in [2.75, 3.05) is 0 Å². The Labute approximate surface area is 151 Å². The van der Waals surface area contributed by atoms with Gasteiger partial charge in [-0.3, -0.25) is 4.79 Å². The van der Waals surface area contributed by atoms with Gasteiger partial charge in [0, 0.05) is 5.56 Å². The molecule has 26 heavy (non-hydrogen) atoms. The van der Waals surface area contributed by atoms with Crippen LogP contribution in [0.3, 0.4) is 0 Å². The van der Waals surface area contributed by atoms with E-state index in [0.717, 1.165) is 0 Å². The summed E-state index contributed by atoms with van der Waals surface area (Å²) in [6.45, 7) is 0. The lowest BCUT2D eigenvalue weighted by atomic mass is 10.1. The lowest BCUT2D eigenvalue weighted by Crippen LogP contribution is -2.14. The standard InChI is InChI=1S/C21H15FO3S/c22-18-13-11-16(12-14-18)15-20(21(23)17-7-3-1-4-8-17)26(24,25)19-9-5-2-6-10-19/h1-15H. The van der Waals surface area contributed by atoms with Crippen molar-refractivity contribution in [3.8, 4) is 0 Å². The predicted molar refractivity (Wildman–Crippen MR) is 98.8 cm³/mol. The van der Waals surface area contributed by atoms with Gasteiger partial charge in [0.2, 0.25) is 15.6 Å². The van der Waals surface area contributed by atoms with Gasteiger partial charge in [-0.15, -0.1) is 0 Å². The number of allylic oxidation sites excluding steroid dienone is 1. The molecule has 0 aliphatic carbocycles. The quantitative estimate of drug-likeness (QED) is 0.493. The summed E-state index contributed by atoms with van der Waals surface area (Å²) in [5, 5.41) is 0. The van der Waals surface area contributed by atoms with Crippen molar-refractivity contribution in [2.24, 2.45) is 0 Å². The van der Waals surface area contributed by atoms with Gasteiger partial charge < -0.3 is 0 Å². The highest BCUT2D eigenvalue weighted by Crippen LogP contribution is 2.25. The molecule has 0 amide bonds. The van der Waals surface area contributed by atoms with E-state index in [0.29, 0.717) is 5.56 Å². The van der Waals surface area contributed by atoms with Gasteiger partial charge in [-0.1, -0.05) is 60.7 Å². The Morgan fingerprint density at radius 3 is 1.88 bits per heavy atom. The summed E-state index contributed by atoms with van der Waals surface area (Å²) in [5.41, 5.74) is 0.686. The van der Waals surface area contributed by atoms with Crippen molar-refractivity contribution in [3.63, 3.8) is 0 Å². The molecule has 0 aliphatic rings. The number of ketones is 1. The molecule has 0 fully saturated rings. The van der Waals surface area contributed by atoms with E-state index in [1.807, 2.05) is 0 Å². The second-order valence-electron chi connectivity index (χ2n) is 5.57. The number of halogens is 1. The molecule has 130 valence electrons. The molecule has 0 heterocycles. The number of carbonyl (C=O) groups is 1. The lowest BCUT2D eigenvalue weighted by Gasteiger charge is -2.09. The molecule has 0 aromatic heterocycles. The van der Waals surface area contributed by atoms with E-state index in [4.69, 9.17) is 0 Å². The third kappa shape index (κ3) is 3.78. The van der Waals surface area contributed by atoms with Gasteiger partial charge >= 0.3 is 0 Å². The van der Waals surface area contributed by atoms with Gasteiger partial charge in [-0.05, 0) is 35.9 Å². The molecule has 0 spiro atoms. The van der Waals surface area contributed by atoms with Gasteiger partial charge in [-0.2, -0.15) is 0 Å². The summed E-state index contributed by atoms with van der Waals surface area (Å²) in [6.07, 6.45) is 1.27. The van der Waals surface area contributed by atoms with Crippen LogP contribution in [0.5, 0.6) is 0 Å². The number of carbonyl (C=O) groups excluding carboxylic acids is 1. The topological polar surface area (TPSA) is 51.2 Å². The van der Waals surface area contributed by atoms with Gasteiger partial charge in [0.15, 0.2) is 0 Å². The maximum Gasteiger partial charge on any atom is 0.210 e. The molecule has 0 saturated carbocycles. The van der Waals surface area contributed by atoms with E-state index in [1.165, 1.54) is 42.5 Å². The highest BCUT2D eigenvalue weighted by Gasteiger charge is 2.27. The van der Waals surface area contributed by atoms with Crippen LogP contribution < -0.4 is 0 Å². The molecule has 0 N–H and O–H groups in total. The SMILES string of the molecule is O=C(C(=Cc1ccc(F)cc1)S(=O)(=O)c1ccccc1)c1ccccc1. The monoisotopic (exact) mass is 366 g/mol. The molecule has 0 aliphatic heterocycles. The Bertz CT molecular complexity index is 1040. The molecule has 3 aromatic rings. The maximum atomic E-state index is 13.1. The van der Waals surface area contributed by atoms with Crippen LogP contribution in [0.4, 0.5) is 4.39 Å². The Kier molecular flexibility index (Phi) is 5.09. The fourth-order valence-corrected chi connectivity index (χ4v) is 3.86. The second kappa shape index (κ2) is 7.45. The predicted octanol–water partition coefficient (Wildman–Crippen LogP) is 4.52. The van der Waals surface area contributed by atoms with E-state index in [9.17, 15) is 17.6 Å². The van der Waals surface area contributed by atoms with Crippen molar-refractivity contribution in [3.05, 3.63) is 107 Å². The number of hydrogen-bond donors (Lipinski definition) is 0. The minimum atomic E-state index is -4.04. The summed E-state index contributed by atoms with van der Waals surface area (Å²) in [6, 6.07) is 21.2. The molecule has 0 unspecified atom stereocenters. The van der Waals surface area contributed by atoms with Crippen LogP contribution in [0, 0.1) is 5.82 Å². The summed E-state index contributed by atoms with van der Waals surface area (Å²) in [7, 11) is -4.04. The number of hydrogen-bond acceptors (Lipinski definition) is 3. The highest BCUT2D eigenvalue weighted by molar-refractivity contribution is 7.96. The van der Waals surface area contributed by atoms with Crippen LogP contribution in [0.1, 0.15) is 15.9 Å². The van der Waals surface area contributed by atoms with Crippen LogP contribution in [-0.2, 0) is 9.84 Å². The van der Waals surface area contributed by atoms with Crippen LogP contribution in [-0.4, -0.2) is 14.2 Å². The third-order valence-electron chi connectivity index (χ3n) is 3.77. The maximum absolute atomic E-state index is 13.1. The van der Waals surface area contributed by atoms with Crippen molar-refractivity contribution in [2.45, 2.75) is 4.90 Å². The van der Waals surface area contributed by atoms with Crippen LogP contribution in [0.15, 0.2) is 94.7 Å². The summed E-state index contributed by atoms with van der Waals surface area (Å²) < 4.78 is 39.3. The van der Waals surface area contributed by atoms with Crippen LogP contribution in [0.25, 0.3) is 6.08 Å². The molecule has 0 saturated heterocycles. The van der Waals surface area contributed by atoms with E-state index in [-0.39, 0.29) is 15.4 Å². The first-order chi connectivity index (χ1) is 12.5. The molecule has 3 nitrogen and oxygen atoms in total. The normalized spacial score (nSPS) is 12.0. The highest BCUT2D eigenvalue weighted by atomic mass is 32.2. The summed E-state index contributed by atoms with van der Waals surface area (Å²) in [5.74, 6) is -1.05. The van der Waals surface area contributed by atoms with Crippen molar-refractivity contribution in [1.82, 2.24) is 0 Å². The molecule has 0 bridgehead atoms. The Morgan fingerprint density at radius 1 is 0.769 bits per heavy atom. The Morgan fingerprint density at radius 2 is 1.31 bits per heavy atom. The Hall–Kier alpha value is -3.05. The third-order valence-corrected chi connectivity index (χ3v) is 5.55. The number of benzene rings is 3. The number of sulfone groups is 1. The fourth-order valence-electron chi connectivity index (χ4n) is 2.43. The van der Waals surface area contributed by atoms with Crippen LogP contribution >= 0.6 is 0 Å². The minimum absolute atomic E-state index is 0.0256. The summed E-state index contributed by atoms with van der Waals surface area (Å²) in [4.78, 5) is 12.6. The van der Waals surface area contributed by atoms with E-state index in [2.05, 4.69) is 0 Å². The van der Waals surface area contributed by atoms with Crippen molar-refractivity contribution >= 4 is 21.7 Å². The summed E-state index contributed by atoms with van der Waals surface area (Å²) >= 11 is 0. The van der Waals surface area contributed by atoms with Crippen molar-refractivity contribution in [1.29, 1.82) is 0 Å². The lowest BCUT2D eigenvalue weighted by molar-refractivity contribution is 0.104. The smallest absolute Gasteiger partial charge is 0.210 e. The average Bonchev–Trinajstić information content (AvgIpc) is 2.68. The average molecular weight is 366 g/mol. The molecular formula is C21H15FO3S. The second-order valence-corrected chi connectivity index (χ2v) is 7.49. The van der Waals surface area contributed by atoms with Gasteiger partial charge in [-0.25, -0.2) is 12.8 Å².